The van der Waals surface area contributed by atoms with Crippen LogP contribution < -0.4 is 5.32 Å². The molecular formula is C15H14Cl2N2O2. The number of nitrogens with one attached hydrogen (secondary N) is 1. The topological polar surface area (TPSA) is 51.2 Å². The van der Waals surface area contributed by atoms with Crippen LogP contribution in [0.2, 0.25) is 10.0 Å². The Kier molecular flexibility index (Phi) is 5.04. The Hall–Kier alpha value is -1.78. The van der Waals surface area contributed by atoms with E-state index in [0.717, 1.165) is 5.56 Å². The van der Waals surface area contributed by atoms with Crippen LogP contribution in [0.1, 0.15) is 28.9 Å². The summed E-state index contributed by atoms with van der Waals surface area (Å²) in [5.41, 5.74) is 1.24. The van der Waals surface area contributed by atoms with Gasteiger partial charge in [0.15, 0.2) is 0 Å². The number of nitrogens with zero attached hydrogens (tertiary/aromatic N) is 1. The number of hydrogen-bond acceptors (Lipinski definition) is 4. The van der Waals surface area contributed by atoms with Gasteiger partial charge in [-0.3, -0.25) is 0 Å². The molecule has 0 aliphatic rings. The summed E-state index contributed by atoms with van der Waals surface area (Å²) < 4.78 is 4.74. The van der Waals surface area contributed by atoms with Crippen molar-refractivity contribution in [3.63, 3.8) is 0 Å². The molecule has 0 bridgehead atoms. The SMILES string of the molecule is COC(=O)c1cccnc1NC(C)c1ccc(Cl)cc1Cl. The van der Waals surface area contributed by atoms with Gasteiger partial charge in [0.2, 0.25) is 0 Å². The molecular weight excluding hydrogens is 311 g/mol. The zero-order chi connectivity index (χ0) is 15.4. The van der Waals surface area contributed by atoms with Crippen molar-refractivity contribution >= 4 is 35.0 Å². The lowest BCUT2D eigenvalue weighted by Crippen LogP contribution is -2.13. The standard InChI is InChI=1S/C15H14Cl2N2O2/c1-9(11-6-5-10(16)8-13(11)17)19-14-12(15(20)21-2)4-3-7-18-14/h3-9H,1-2H3,(H,18,19). The fourth-order valence-corrected chi connectivity index (χ4v) is 2.50. The molecule has 0 spiro atoms. The lowest BCUT2D eigenvalue weighted by molar-refractivity contribution is 0.0601. The lowest BCUT2D eigenvalue weighted by atomic mass is 10.1. The van der Waals surface area contributed by atoms with Gasteiger partial charge in [0, 0.05) is 16.2 Å². The number of carbonyl (C=O) groups is 1. The third-order valence-corrected chi connectivity index (χ3v) is 3.56. The second-order valence-corrected chi connectivity index (χ2v) is 5.27. The molecule has 1 aromatic carbocycles. The molecule has 0 aliphatic carbocycles. The molecule has 0 fully saturated rings. The summed E-state index contributed by atoms with van der Waals surface area (Å²) in [5, 5.41) is 4.29. The Labute approximate surface area is 133 Å². The van der Waals surface area contributed by atoms with Crippen LogP contribution in [-0.4, -0.2) is 18.1 Å². The van der Waals surface area contributed by atoms with Crippen molar-refractivity contribution in [1.82, 2.24) is 4.98 Å². The summed E-state index contributed by atoms with van der Waals surface area (Å²) >= 11 is 12.1. The van der Waals surface area contributed by atoms with Crippen molar-refractivity contribution in [2.75, 3.05) is 12.4 Å². The van der Waals surface area contributed by atoms with Gasteiger partial charge < -0.3 is 10.1 Å². The highest BCUT2D eigenvalue weighted by Crippen LogP contribution is 2.28. The van der Waals surface area contributed by atoms with Crippen molar-refractivity contribution in [2.45, 2.75) is 13.0 Å². The monoisotopic (exact) mass is 324 g/mol. The first kappa shape index (κ1) is 15.6. The highest BCUT2D eigenvalue weighted by molar-refractivity contribution is 6.35. The van der Waals surface area contributed by atoms with E-state index in [0.29, 0.717) is 21.4 Å². The molecule has 6 heteroatoms. The quantitative estimate of drug-likeness (QED) is 0.849. The Morgan fingerprint density at radius 3 is 2.76 bits per heavy atom. The molecule has 1 aromatic heterocycles. The molecule has 0 saturated heterocycles. The Morgan fingerprint density at radius 2 is 2.10 bits per heavy atom. The van der Waals surface area contributed by atoms with Gasteiger partial charge in [0.05, 0.1) is 13.2 Å². The summed E-state index contributed by atoms with van der Waals surface area (Å²) in [6, 6.07) is 8.46. The number of esters is 1. The van der Waals surface area contributed by atoms with Gasteiger partial charge in [-0.05, 0) is 36.8 Å². The summed E-state index contributed by atoms with van der Waals surface area (Å²) in [5.74, 6) is 0.00266. The molecule has 110 valence electrons. The fourth-order valence-electron chi connectivity index (χ4n) is 1.93. The molecule has 0 radical (unpaired) electrons. The summed E-state index contributed by atoms with van der Waals surface area (Å²) in [6.07, 6.45) is 1.60. The zero-order valence-electron chi connectivity index (χ0n) is 11.6. The molecule has 1 N–H and O–H groups in total. The van der Waals surface area contributed by atoms with Crippen LogP contribution in [0.3, 0.4) is 0 Å². The van der Waals surface area contributed by atoms with Gasteiger partial charge in [-0.15, -0.1) is 0 Å². The molecule has 0 saturated carbocycles. The van der Waals surface area contributed by atoms with Crippen molar-refractivity contribution in [1.29, 1.82) is 0 Å². The number of pyridine rings is 1. The number of carbonyl (C=O) groups excluding carboxylic acids is 1. The number of ether oxygens (including phenoxy) is 1. The maximum absolute atomic E-state index is 11.7. The summed E-state index contributed by atoms with van der Waals surface area (Å²) in [7, 11) is 1.33. The number of anilines is 1. The predicted molar refractivity (Wildman–Crippen MR) is 84.1 cm³/mol. The Balaban J connectivity index is 2.27. The minimum absolute atomic E-state index is 0.145. The van der Waals surface area contributed by atoms with Crippen LogP contribution in [0.4, 0.5) is 5.82 Å². The van der Waals surface area contributed by atoms with Crippen molar-refractivity contribution in [2.24, 2.45) is 0 Å². The largest absolute Gasteiger partial charge is 0.465 e. The maximum Gasteiger partial charge on any atom is 0.341 e. The van der Waals surface area contributed by atoms with E-state index in [-0.39, 0.29) is 6.04 Å². The molecule has 2 rings (SSSR count). The van der Waals surface area contributed by atoms with Crippen LogP contribution in [0.5, 0.6) is 0 Å². The van der Waals surface area contributed by atoms with Crippen molar-refractivity contribution < 1.29 is 9.53 Å². The van der Waals surface area contributed by atoms with Gasteiger partial charge >= 0.3 is 5.97 Å². The van der Waals surface area contributed by atoms with Gasteiger partial charge in [-0.2, -0.15) is 0 Å². The first-order chi connectivity index (χ1) is 10.0. The third kappa shape index (κ3) is 3.65. The second-order valence-electron chi connectivity index (χ2n) is 4.42. The maximum atomic E-state index is 11.7. The van der Waals surface area contributed by atoms with E-state index in [9.17, 15) is 4.79 Å². The first-order valence-electron chi connectivity index (χ1n) is 6.27. The number of methoxy groups -OCH3 is 1. The lowest BCUT2D eigenvalue weighted by Gasteiger charge is -2.18. The highest BCUT2D eigenvalue weighted by Gasteiger charge is 2.16. The van der Waals surface area contributed by atoms with Gasteiger partial charge in [0.1, 0.15) is 11.4 Å². The van der Waals surface area contributed by atoms with Gasteiger partial charge in [-0.1, -0.05) is 29.3 Å². The van der Waals surface area contributed by atoms with E-state index in [4.69, 9.17) is 27.9 Å². The minimum atomic E-state index is -0.444. The Bertz CT molecular complexity index is 662. The fraction of sp³-hybridized carbons (Fsp3) is 0.200. The summed E-state index contributed by atoms with van der Waals surface area (Å²) in [4.78, 5) is 15.9. The van der Waals surface area contributed by atoms with E-state index in [1.54, 1.807) is 30.5 Å². The first-order valence-corrected chi connectivity index (χ1v) is 7.03. The number of aromatic nitrogens is 1. The summed E-state index contributed by atoms with van der Waals surface area (Å²) in [6.45, 7) is 1.92. The second kappa shape index (κ2) is 6.78. The molecule has 1 heterocycles. The molecule has 4 nitrogen and oxygen atoms in total. The van der Waals surface area contributed by atoms with Gasteiger partial charge in [0.25, 0.3) is 0 Å². The number of benzene rings is 1. The van der Waals surface area contributed by atoms with E-state index in [1.165, 1.54) is 7.11 Å². The number of halogens is 2. The zero-order valence-corrected chi connectivity index (χ0v) is 13.1. The average molecular weight is 325 g/mol. The normalized spacial score (nSPS) is 11.8. The van der Waals surface area contributed by atoms with Crippen LogP contribution in [0.15, 0.2) is 36.5 Å². The molecule has 2 aromatic rings. The van der Waals surface area contributed by atoms with Crippen LogP contribution >= 0.6 is 23.2 Å². The van der Waals surface area contributed by atoms with Crippen molar-refractivity contribution in [3.05, 3.63) is 57.7 Å². The number of hydrogen-bond donors (Lipinski definition) is 1. The molecule has 1 unspecified atom stereocenters. The molecule has 0 amide bonds. The third-order valence-electron chi connectivity index (χ3n) is 3.00. The van der Waals surface area contributed by atoms with Crippen molar-refractivity contribution in [3.8, 4) is 0 Å². The minimum Gasteiger partial charge on any atom is -0.465 e. The van der Waals surface area contributed by atoms with Crippen LogP contribution in [0.25, 0.3) is 0 Å². The van der Waals surface area contributed by atoms with E-state index < -0.39 is 5.97 Å². The molecule has 21 heavy (non-hydrogen) atoms. The number of rotatable bonds is 4. The van der Waals surface area contributed by atoms with E-state index >= 15 is 0 Å². The van der Waals surface area contributed by atoms with E-state index in [2.05, 4.69) is 10.3 Å². The smallest absolute Gasteiger partial charge is 0.341 e. The van der Waals surface area contributed by atoms with Crippen LogP contribution in [0, 0.1) is 0 Å². The Morgan fingerprint density at radius 1 is 1.33 bits per heavy atom. The van der Waals surface area contributed by atoms with Crippen LogP contribution in [-0.2, 0) is 4.74 Å². The molecule has 0 aliphatic heterocycles. The highest BCUT2D eigenvalue weighted by atomic mass is 35.5. The average Bonchev–Trinajstić information content (AvgIpc) is 2.46. The predicted octanol–water partition coefficient (Wildman–Crippen LogP) is 4.35. The van der Waals surface area contributed by atoms with E-state index in [1.807, 2.05) is 13.0 Å². The van der Waals surface area contributed by atoms with Gasteiger partial charge in [-0.25, -0.2) is 9.78 Å². The molecule has 1 atom stereocenters.